The van der Waals surface area contributed by atoms with Crippen molar-refractivity contribution in [1.82, 2.24) is 5.32 Å². The Labute approximate surface area is 191 Å². The molecule has 1 atom stereocenters. The fraction of sp³-hybridized carbons (Fsp3) is 0.458. The first-order valence-corrected chi connectivity index (χ1v) is 12.7. The topological polar surface area (TPSA) is 66.5 Å². The minimum absolute atomic E-state index is 0.0812. The lowest BCUT2D eigenvalue weighted by Crippen LogP contribution is -2.33. The lowest BCUT2D eigenvalue weighted by molar-refractivity contribution is -0.121. The van der Waals surface area contributed by atoms with Gasteiger partial charge in [0.2, 0.25) is 15.9 Å². The van der Waals surface area contributed by atoms with Crippen LogP contribution in [-0.4, -0.2) is 27.1 Å². The molecule has 2 rings (SSSR count). The molecule has 0 heterocycles. The average molecular weight is 465 g/mol. The molecule has 1 amide bonds. The maximum atomic E-state index is 12.4. The monoisotopic (exact) mass is 464 g/mol. The zero-order valence-electron chi connectivity index (χ0n) is 19.2. The molecule has 0 aliphatic rings. The lowest BCUT2D eigenvalue weighted by Gasteiger charge is -2.24. The van der Waals surface area contributed by atoms with Crippen molar-refractivity contribution in [2.75, 3.05) is 17.1 Å². The molecule has 0 fully saturated rings. The number of sulfonamides is 1. The van der Waals surface area contributed by atoms with Gasteiger partial charge in [0.1, 0.15) is 0 Å². The summed E-state index contributed by atoms with van der Waals surface area (Å²) in [6, 6.07) is 13.3. The maximum Gasteiger partial charge on any atom is 0.232 e. The molecule has 7 heteroatoms. The van der Waals surface area contributed by atoms with Crippen LogP contribution in [-0.2, 0) is 20.2 Å². The third-order valence-electron chi connectivity index (χ3n) is 5.26. The molecule has 0 radical (unpaired) electrons. The molecule has 0 spiro atoms. The van der Waals surface area contributed by atoms with Gasteiger partial charge in [-0.15, -0.1) is 0 Å². The number of carbonyl (C=O) groups is 1. The summed E-state index contributed by atoms with van der Waals surface area (Å²) >= 11 is 6.06. The van der Waals surface area contributed by atoms with Gasteiger partial charge in [-0.1, -0.05) is 62.7 Å². The van der Waals surface area contributed by atoms with Crippen LogP contribution in [0.2, 0.25) is 5.02 Å². The molecular weight excluding hydrogens is 432 g/mol. The first-order chi connectivity index (χ1) is 14.3. The third-order valence-corrected chi connectivity index (χ3v) is 6.67. The zero-order valence-corrected chi connectivity index (χ0v) is 20.8. The van der Waals surface area contributed by atoms with E-state index >= 15 is 0 Å². The van der Waals surface area contributed by atoms with Crippen molar-refractivity contribution in [3.63, 3.8) is 0 Å². The average Bonchev–Trinajstić information content (AvgIpc) is 2.66. The maximum absolute atomic E-state index is 12.4. The van der Waals surface area contributed by atoms with Gasteiger partial charge in [-0.05, 0) is 54.5 Å². The quantitative estimate of drug-likeness (QED) is 0.571. The molecule has 2 aromatic rings. The fourth-order valence-electron chi connectivity index (χ4n) is 3.37. The molecule has 0 bridgehead atoms. The number of carbonyl (C=O) groups excluding carboxylic acids is 1. The van der Waals surface area contributed by atoms with Crippen LogP contribution >= 0.6 is 11.6 Å². The SMILES string of the molecule is Cc1ccc(Cl)cc1N(CCCC(=O)NC(C)c1ccc(C(C)(C)C)cc1)S(C)(=O)=O. The van der Waals surface area contributed by atoms with E-state index in [1.54, 1.807) is 18.2 Å². The summed E-state index contributed by atoms with van der Waals surface area (Å²) in [4.78, 5) is 12.4. The van der Waals surface area contributed by atoms with Crippen LogP contribution in [0.15, 0.2) is 42.5 Å². The summed E-state index contributed by atoms with van der Waals surface area (Å²) in [5, 5.41) is 3.47. The summed E-state index contributed by atoms with van der Waals surface area (Å²) in [7, 11) is -3.49. The number of nitrogens with zero attached hydrogens (tertiary/aromatic N) is 1. The summed E-state index contributed by atoms with van der Waals surface area (Å²) < 4.78 is 25.9. The van der Waals surface area contributed by atoms with E-state index in [0.29, 0.717) is 17.1 Å². The van der Waals surface area contributed by atoms with Crippen LogP contribution in [0.1, 0.15) is 63.3 Å². The summed E-state index contributed by atoms with van der Waals surface area (Å²) in [6.07, 6.45) is 1.80. The van der Waals surface area contributed by atoms with Crippen molar-refractivity contribution in [1.29, 1.82) is 0 Å². The number of hydrogen-bond acceptors (Lipinski definition) is 3. The second-order valence-corrected chi connectivity index (χ2v) is 11.4. The Morgan fingerprint density at radius 2 is 1.74 bits per heavy atom. The van der Waals surface area contributed by atoms with Gasteiger partial charge >= 0.3 is 0 Å². The second-order valence-electron chi connectivity index (χ2n) is 9.03. The van der Waals surface area contributed by atoms with Crippen molar-refractivity contribution in [2.24, 2.45) is 0 Å². The molecule has 0 saturated heterocycles. The largest absolute Gasteiger partial charge is 0.350 e. The molecule has 0 saturated carbocycles. The number of amides is 1. The highest BCUT2D eigenvalue weighted by Crippen LogP contribution is 2.27. The van der Waals surface area contributed by atoms with Gasteiger partial charge in [0, 0.05) is 18.0 Å². The number of aryl methyl sites for hydroxylation is 1. The predicted octanol–water partition coefficient (Wildman–Crippen LogP) is 5.37. The van der Waals surface area contributed by atoms with E-state index in [1.807, 2.05) is 26.0 Å². The molecule has 0 aliphatic heterocycles. The zero-order chi connectivity index (χ0) is 23.4. The van der Waals surface area contributed by atoms with Gasteiger partial charge in [0.05, 0.1) is 18.0 Å². The van der Waals surface area contributed by atoms with E-state index < -0.39 is 10.0 Å². The molecular formula is C24H33ClN2O3S. The second kappa shape index (κ2) is 10.0. The van der Waals surface area contributed by atoms with E-state index in [0.717, 1.165) is 17.4 Å². The number of nitrogens with one attached hydrogen (secondary N) is 1. The van der Waals surface area contributed by atoms with Crippen LogP contribution in [0, 0.1) is 6.92 Å². The van der Waals surface area contributed by atoms with Crippen molar-refractivity contribution >= 4 is 33.2 Å². The van der Waals surface area contributed by atoms with Crippen LogP contribution in [0.4, 0.5) is 5.69 Å². The Kier molecular flexibility index (Phi) is 8.17. The van der Waals surface area contributed by atoms with E-state index in [2.05, 4.69) is 38.2 Å². The lowest BCUT2D eigenvalue weighted by atomic mass is 9.86. The van der Waals surface area contributed by atoms with Gasteiger partial charge in [-0.2, -0.15) is 0 Å². The Morgan fingerprint density at radius 1 is 1.13 bits per heavy atom. The Balaban J connectivity index is 1.97. The minimum Gasteiger partial charge on any atom is -0.350 e. The number of rotatable bonds is 8. The third kappa shape index (κ3) is 7.25. The minimum atomic E-state index is -3.49. The van der Waals surface area contributed by atoms with Crippen molar-refractivity contribution in [2.45, 2.75) is 58.9 Å². The Morgan fingerprint density at radius 3 is 2.29 bits per heavy atom. The first kappa shape index (κ1) is 25.2. The number of anilines is 1. The molecule has 1 unspecified atom stereocenters. The van der Waals surface area contributed by atoms with E-state index in [1.165, 1.54) is 9.87 Å². The summed E-state index contributed by atoms with van der Waals surface area (Å²) in [5.74, 6) is -0.108. The number of halogens is 1. The van der Waals surface area contributed by atoms with Crippen molar-refractivity contribution < 1.29 is 13.2 Å². The first-order valence-electron chi connectivity index (χ1n) is 10.4. The van der Waals surface area contributed by atoms with Crippen LogP contribution in [0.25, 0.3) is 0 Å². The molecule has 170 valence electrons. The van der Waals surface area contributed by atoms with Crippen molar-refractivity contribution in [3.8, 4) is 0 Å². The normalized spacial score (nSPS) is 13.0. The summed E-state index contributed by atoms with van der Waals surface area (Å²) in [6.45, 7) is 10.5. The van der Waals surface area contributed by atoms with Gasteiger partial charge in [0.15, 0.2) is 0 Å². The van der Waals surface area contributed by atoms with Crippen molar-refractivity contribution in [3.05, 3.63) is 64.2 Å². The van der Waals surface area contributed by atoms with Gasteiger partial charge in [0.25, 0.3) is 0 Å². The smallest absolute Gasteiger partial charge is 0.232 e. The van der Waals surface area contributed by atoms with Crippen LogP contribution in [0.3, 0.4) is 0 Å². The van der Waals surface area contributed by atoms with E-state index in [-0.39, 0.29) is 30.3 Å². The van der Waals surface area contributed by atoms with Gasteiger partial charge in [-0.25, -0.2) is 8.42 Å². The highest BCUT2D eigenvalue weighted by atomic mass is 35.5. The Hall–Kier alpha value is -2.05. The molecule has 1 N–H and O–H groups in total. The molecule has 2 aromatic carbocycles. The van der Waals surface area contributed by atoms with Gasteiger partial charge in [-0.3, -0.25) is 9.10 Å². The predicted molar refractivity (Wildman–Crippen MR) is 129 cm³/mol. The number of hydrogen-bond donors (Lipinski definition) is 1. The molecule has 0 aliphatic carbocycles. The van der Waals surface area contributed by atoms with E-state index in [9.17, 15) is 13.2 Å². The van der Waals surface area contributed by atoms with Gasteiger partial charge < -0.3 is 5.32 Å². The molecule has 0 aromatic heterocycles. The standard InChI is InChI=1S/C24H33ClN2O3S/c1-17-9-14-21(25)16-22(17)27(31(6,29)30)15-7-8-23(28)26-18(2)19-10-12-20(13-11-19)24(3,4)5/h9-14,16,18H,7-8,15H2,1-6H3,(H,26,28). The van der Waals surface area contributed by atoms with E-state index in [4.69, 9.17) is 11.6 Å². The van der Waals surface area contributed by atoms with Crippen LogP contribution < -0.4 is 9.62 Å². The number of benzene rings is 2. The fourth-order valence-corrected chi connectivity index (χ4v) is 4.55. The molecule has 31 heavy (non-hydrogen) atoms. The summed E-state index contributed by atoms with van der Waals surface area (Å²) in [5.41, 5.74) is 3.72. The molecule has 5 nitrogen and oxygen atoms in total. The van der Waals surface area contributed by atoms with Crippen LogP contribution in [0.5, 0.6) is 0 Å². The highest BCUT2D eigenvalue weighted by molar-refractivity contribution is 7.92. The highest BCUT2D eigenvalue weighted by Gasteiger charge is 2.20. The Bertz CT molecular complexity index is 1010.